The average molecular weight is 466 g/mol. The lowest BCUT2D eigenvalue weighted by molar-refractivity contribution is -0.137. The van der Waals surface area contributed by atoms with E-state index in [1.165, 1.54) is 16.3 Å². The molecule has 0 fully saturated rings. The van der Waals surface area contributed by atoms with Gasteiger partial charge < -0.3 is 15.1 Å². The highest BCUT2D eigenvalue weighted by molar-refractivity contribution is 8.03. The van der Waals surface area contributed by atoms with Crippen LogP contribution in [0.15, 0.2) is 27.8 Å². The molecule has 1 aromatic carbocycles. The van der Waals surface area contributed by atoms with Crippen molar-refractivity contribution in [2.45, 2.75) is 31.2 Å². The van der Waals surface area contributed by atoms with E-state index in [1.807, 2.05) is 0 Å². The number of halogens is 1. The van der Waals surface area contributed by atoms with E-state index in [9.17, 15) is 9.90 Å². The Labute approximate surface area is 186 Å². The van der Waals surface area contributed by atoms with Gasteiger partial charge in [-0.2, -0.15) is 0 Å². The van der Waals surface area contributed by atoms with Crippen molar-refractivity contribution in [2.24, 2.45) is 0 Å². The molecule has 3 rings (SSSR count). The number of fused-ring (bicyclic) bond motifs is 1. The number of thiazole rings is 1. The predicted molar refractivity (Wildman–Crippen MR) is 120 cm³/mol. The Morgan fingerprint density at radius 3 is 2.90 bits per heavy atom. The van der Waals surface area contributed by atoms with Crippen molar-refractivity contribution >= 4 is 70.3 Å². The first-order valence-electron chi connectivity index (χ1n) is 8.63. The second-order valence-corrected chi connectivity index (χ2v) is 9.23. The largest absolute Gasteiger partial charge is 0.493 e. The van der Waals surface area contributed by atoms with Gasteiger partial charge >= 0.3 is 5.97 Å². The van der Waals surface area contributed by atoms with Gasteiger partial charge in [0.25, 0.3) is 0 Å². The third kappa shape index (κ3) is 4.53. The summed E-state index contributed by atoms with van der Waals surface area (Å²) in [6, 6.07) is 3.57. The van der Waals surface area contributed by atoms with Crippen LogP contribution in [-0.4, -0.2) is 27.3 Å². The minimum atomic E-state index is -1.08. The second-order valence-electron chi connectivity index (χ2n) is 6.12. The summed E-state index contributed by atoms with van der Waals surface area (Å²) < 4.78 is 1.45. The minimum Gasteiger partial charge on any atom is -0.493 e. The van der Waals surface area contributed by atoms with Crippen LogP contribution in [0.2, 0.25) is 5.02 Å². The van der Waals surface area contributed by atoms with Gasteiger partial charge in [-0.1, -0.05) is 42.4 Å². The van der Waals surface area contributed by atoms with Crippen molar-refractivity contribution in [1.29, 1.82) is 0 Å². The van der Waals surface area contributed by atoms with Gasteiger partial charge in [-0.3, -0.25) is 9.36 Å². The number of aliphatic carboxylic acids is 1. The minimum absolute atomic E-state index is 0.186. The Hall–Kier alpha value is -2.21. The molecule has 2 heterocycles. The fourth-order valence-corrected chi connectivity index (χ4v) is 5.19. The molecule has 0 unspecified atom stereocenters. The number of unbranched alkanes of at least 4 members (excludes halogenated alkanes) is 1. The summed E-state index contributed by atoms with van der Waals surface area (Å²) >= 11 is 14.0. The van der Waals surface area contributed by atoms with Gasteiger partial charge in [-0.05, 0) is 30.8 Å². The smallest absolute Gasteiger partial charge is 0.323 e. The first-order chi connectivity index (χ1) is 13.8. The van der Waals surface area contributed by atoms with Crippen molar-refractivity contribution in [3.8, 4) is 5.88 Å². The summed E-state index contributed by atoms with van der Waals surface area (Å²) in [5.74, 6) is -1.27. The van der Waals surface area contributed by atoms with Crippen LogP contribution in [0.4, 0.5) is 11.4 Å². The van der Waals surface area contributed by atoms with Crippen LogP contribution in [0.1, 0.15) is 24.6 Å². The van der Waals surface area contributed by atoms with Crippen LogP contribution in [0.3, 0.4) is 0 Å². The van der Waals surface area contributed by atoms with Gasteiger partial charge in [0.15, 0.2) is 3.95 Å². The highest BCUT2D eigenvalue weighted by Gasteiger charge is 2.26. The lowest BCUT2D eigenvalue weighted by Crippen LogP contribution is -2.18. The molecule has 2 aromatic rings. The maximum absolute atomic E-state index is 11.0. The van der Waals surface area contributed by atoms with Gasteiger partial charge in [-0.15, -0.1) is 11.3 Å². The Balaban J connectivity index is 2.03. The monoisotopic (exact) mass is 465 g/mol. The second kappa shape index (κ2) is 9.08. The lowest BCUT2D eigenvalue weighted by Gasteiger charge is -2.19. The van der Waals surface area contributed by atoms with Gasteiger partial charge in [0.05, 0.1) is 17.1 Å². The molecule has 29 heavy (non-hydrogen) atoms. The van der Waals surface area contributed by atoms with Crippen LogP contribution in [-0.2, 0) is 11.3 Å². The van der Waals surface area contributed by atoms with E-state index in [0.29, 0.717) is 15.6 Å². The first-order valence-corrected chi connectivity index (χ1v) is 11.0. The average Bonchev–Trinajstić information content (AvgIpc) is 3.14. The number of carbonyl (C=O) groups is 1. The number of thioether (sulfide) groups is 1. The zero-order valence-corrected chi connectivity index (χ0v) is 18.5. The Kier molecular flexibility index (Phi) is 6.73. The summed E-state index contributed by atoms with van der Waals surface area (Å²) in [7, 11) is 0. The molecule has 1 aliphatic heterocycles. The lowest BCUT2D eigenvalue weighted by atomic mass is 10.2. The number of rotatable bonds is 6. The Bertz CT molecular complexity index is 1140. The van der Waals surface area contributed by atoms with Gasteiger partial charge in [-0.25, -0.2) is 4.85 Å². The summed E-state index contributed by atoms with van der Waals surface area (Å²) in [5, 5.41) is 20.5. The van der Waals surface area contributed by atoms with Crippen molar-refractivity contribution in [3.63, 3.8) is 0 Å². The molecule has 0 radical (unpaired) electrons. The number of benzene rings is 1. The zero-order chi connectivity index (χ0) is 21.1. The van der Waals surface area contributed by atoms with E-state index in [1.54, 1.807) is 18.2 Å². The third-order valence-electron chi connectivity index (χ3n) is 4.14. The molecule has 0 saturated carbocycles. The van der Waals surface area contributed by atoms with Crippen LogP contribution in [0.25, 0.3) is 10.9 Å². The van der Waals surface area contributed by atoms with Crippen LogP contribution in [0, 0.1) is 10.5 Å². The number of aromatic hydroxyl groups is 1. The number of nitrogens with zero attached hydrogens (tertiary/aromatic N) is 3. The van der Waals surface area contributed by atoms with Crippen molar-refractivity contribution in [1.82, 2.24) is 4.57 Å². The number of aromatic nitrogens is 1. The maximum Gasteiger partial charge on any atom is 0.323 e. The van der Waals surface area contributed by atoms with E-state index in [2.05, 4.69) is 22.4 Å². The Morgan fingerprint density at radius 1 is 1.48 bits per heavy atom. The van der Waals surface area contributed by atoms with Crippen LogP contribution >= 0.6 is 46.9 Å². The highest BCUT2D eigenvalue weighted by atomic mass is 35.5. The topological polar surface area (TPSA) is 70.1 Å². The number of hydrogen-bond donors (Lipinski definition) is 2. The summed E-state index contributed by atoms with van der Waals surface area (Å²) in [5.41, 5.74) is 4.53. The zero-order valence-electron chi connectivity index (χ0n) is 15.3. The van der Waals surface area contributed by atoms with Crippen molar-refractivity contribution < 1.29 is 15.0 Å². The van der Waals surface area contributed by atoms with Crippen molar-refractivity contribution in [2.75, 3.05) is 11.4 Å². The molecule has 0 atom stereocenters. The first kappa shape index (κ1) is 21.5. The summed E-state index contributed by atoms with van der Waals surface area (Å²) in [6.45, 7) is 9.73. The van der Waals surface area contributed by atoms with E-state index in [4.69, 9.17) is 35.5 Å². The molecule has 1 aromatic heterocycles. The summed E-state index contributed by atoms with van der Waals surface area (Å²) in [6.07, 6.45) is 3.59. The molecule has 0 spiro atoms. The molecule has 0 bridgehead atoms. The molecule has 150 valence electrons. The van der Waals surface area contributed by atoms with Gasteiger partial charge in [0.2, 0.25) is 11.6 Å². The molecular weight excluding hydrogens is 450 g/mol. The maximum atomic E-state index is 11.0. The summed E-state index contributed by atoms with van der Waals surface area (Å²) in [4.78, 5) is 17.9. The number of anilines is 1. The number of hydrogen-bond acceptors (Lipinski definition) is 6. The number of carboxylic acid groups (broad SMARTS) is 1. The molecule has 6 nitrogen and oxygen atoms in total. The van der Waals surface area contributed by atoms with E-state index in [0.717, 1.165) is 46.3 Å². The fraction of sp³-hybridized carbons (Fsp3) is 0.263. The number of carboxylic acids is 1. The van der Waals surface area contributed by atoms with Crippen LogP contribution < -0.4 is 4.90 Å². The van der Waals surface area contributed by atoms with Crippen molar-refractivity contribution in [3.05, 3.63) is 48.2 Å². The van der Waals surface area contributed by atoms with E-state index in [-0.39, 0.29) is 9.83 Å². The van der Waals surface area contributed by atoms with Gasteiger partial charge in [0, 0.05) is 22.5 Å². The fourth-order valence-electron chi connectivity index (χ4n) is 2.74. The standard InChI is InChI=1S/C19H16ClN3O3S3/c1-3-4-7-22-13-8-11(20)12(21-2)9-15(13)28-16(22)6-5-14-18(26)23(10-17(24)25)19(27)29-14/h5,8-9,26H,3-4,7,10H2,1H3,(H,24,25). The molecule has 1 aliphatic rings. The third-order valence-corrected chi connectivity index (χ3v) is 6.91. The molecule has 0 amide bonds. The Morgan fingerprint density at radius 2 is 2.24 bits per heavy atom. The molecule has 2 N–H and O–H groups in total. The molecule has 10 heteroatoms. The van der Waals surface area contributed by atoms with Gasteiger partial charge in [0.1, 0.15) is 11.6 Å². The normalized spacial score (nSPS) is 12.4. The quantitative estimate of drug-likeness (QED) is 0.303. The molecular formula is C19H16ClN3O3S3. The SMILES string of the molecule is [C-]#[N+]c1cc2c(cc1Cl)N(CCCC)C(=C=Cc1sc(=S)n(CC(=O)O)c1O)S2. The van der Waals surface area contributed by atoms with E-state index >= 15 is 0 Å². The van der Waals surface area contributed by atoms with Crippen LogP contribution in [0.5, 0.6) is 5.88 Å². The molecule has 0 saturated heterocycles. The highest BCUT2D eigenvalue weighted by Crippen LogP contribution is 2.49. The van der Waals surface area contributed by atoms with E-state index < -0.39 is 12.5 Å². The molecule has 0 aliphatic carbocycles. The predicted octanol–water partition coefficient (Wildman–Crippen LogP) is 6.14.